The quantitative estimate of drug-likeness (QED) is 0.431. The standard InChI is InChI=1S/C26H30F4N/c27-24-11-5-3-9-21(24)18-31(17-19-7-1-2-8-19)25-12-6-4-10-23(25)20-13-15-22(16-14-20)26(28,29)30/h3-5,9,11,13-16,19,23,25H,1-2,6-8,10,12,17-18H2/t23-,25+/m0/s1. The second-order valence-electron chi connectivity index (χ2n) is 9.07. The highest BCUT2D eigenvalue weighted by Gasteiger charge is 2.35. The minimum absolute atomic E-state index is 0.129. The van der Waals surface area contributed by atoms with Crippen molar-refractivity contribution in [2.75, 3.05) is 6.54 Å². The Hall–Kier alpha value is -1.88. The lowest BCUT2D eigenvalue weighted by molar-refractivity contribution is -0.137. The summed E-state index contributed by atoms with van der Waals surface area (Å²) in [5.41, 5.74) is 1.03. The van der Waals surface area contributed by atoms with Crippen molar-refractivity contribution in [3.05, 3.63) is 77.5 Å². The van der Waals surface area contributed by atoms with Crippen LogP contribution in [0, 0.1) is 18.2 Å². The van der Waals surface area contributed by atoms with E-state index in [2.05, 4.69) is 11.3 Å². The van der Waals surface area contributed by atoms with Gasteiger partial charge in [0.2, 0.25) is 0 Å². The van der Waals surface area contributed by atoms with Gasteiger partial charge in [0, 0.05) is 24.7 Å². The zero-order valence-corrected chi connectivity index (χ0v) is 17.8. The molecule has 31 heavy (non-hydrogen) atoms. The van der Waals surface area contributed by atoms with E-state index in [1.165, 1.54) is 43.9 Å². The van der Waals surface area contributed by atoms with Crippen LogP contribution in [-0.4, -0.2) is 17.5 Å². The zero-order chi connectivity index (χ0) is 21.8. The van der Waals surface area contributed by atoms with Gasteiger partial charge in [0.05, 0.1) is 5.56 Å². The molecular weight excluding hydrogens is 402 g/mol. The Morgan fingerprint density at radius 3 is 2.29 bits per heavy atom. The van der Waals surface area contributed by atoms with Gasteiger partial charge in [0.25, 0.3) is 0 Å². The van der Waals surface area contributed by atoms with Crippen molar-refractivity contribution in [2.24, 2.45) is 5.92 Å². The maximum Gasteiger partial charge on any atom is 0.416 e. The van der Waals surface area contributed by atoms with Crippen LogP contribution in [-0.2, 0) is 12.7 Å². The van der Waals surface area contributed by atoms with E-state index in [0.29, 0.717) is 18.0 Å². The number of hydrogen-bond acceptors (Lipinski definition) is 1. The monoisotopic (exact) mass is 432 g/mol. The van der Waals surface area contributed by atoms with Gasteiger partial charge < -0.3 is 0 Å². The summed E-state index contributed by atoms with van der Waals surface area (Å²) in [6.07, 6.45) is 5.61. The summed E-state index contributed by atoms with van der Waals surface area (Å²) in [6.45, 7) is 1.47. The zero-order valence-electron chi connectivity index (χ0n) is 17.8. The Balaban J connectivity index is 1.60. The van der Waals surface area contributed by atoms with Crippen LogP contribution in [0.1, 0.15) is 67.6 Å². The number of nitrogens with zero attached hydrogens (tertiary/aromatic N) is 1. The van der Waals surface area contributed by atoms with Gasteiger partial charge in [0.1, 0.15) is 5.82 Å². The maximum atomic E-state index is 14.5. The maximum absolute atomic E-state index is 14.5. The molecule has 2 aromatic carbocycles. The average Bonchev–Trinajstić information content (AvgIpc) is 3.27. The van der Waals surface area contributed by atoms with Crippen LogP contribution in [0.25, 0.3) is 0 Å². The van der Waals surface area contributed by atoms with E-state index in [-0.39, 0.29) is 17.8 Å². The average molecular weight is 433 g/mol. The van der Waals surface area contributed by atoms with Crippen LogP contribution in [0.15, 0.2) is 48.5 Å². The van der Waals surface area contributed by atoms with Gasteiger partial charge in [-0.25, -0.2) is 4.39 Å². The summed E-state index contributed by atoms with van der Waals surface area (Å²) in [4.78, 5) is 2.42. The van der Waals surface area contributed by atoms with Crippen LogP contribution in [0.3, 0.4) is 0 Å². The Morgan fingerprint density at radius 1 is 0.903 bits per heavy atom. The van der Waals surface area contributed by atoms with Crippen LogP contribution in [0.2, 0.25) is 0 Å². The molecule has 2 saturated carbocycles. The summed E-state index contributed by atoms with van der Waals surface area (Å²) in [7, 11) is 0. The normalized spacial score (nSPS) is 22.9. The second-order valence-corrected chi connectivity index (χ2v) is 9.07. The highest BCUT2D eigenvalue weighted by Crippen LogP contribution is 2.39. The summed E-state index contributed by atoms with van der Waals surface area (Å²) in [5, 5.41) is 0. The predicted octanol–water partition coefficient (Wildman–Crippen LogP) is 7.38. The van der Waals surface area contributed by atoms with Gasteiger partial charge in [-0.1, -0.05) is 43.2 Å². The van der Waals surface area contributed by atoms with E-state index in [9.17, 15) is 17.6 Å². The van der Waals surface area contributed by atoms with Gasteiger partial charge in [-0.05, 0) is 74.1 Å². The van der Waals surface area contributed by atoms with Crippen molar-refractivity contribution in [1.29, 1.82) is 0 Å². The molecule has 2 aliphatic rings. The number of rotatable bonds is 6. The molecule has 0 N–H and O–H groups in total. The van der Waals surface area contributed by atoms with Crippen LogP contribution < -0.4 is 0 Å². The number of alkyl halides is 3. The highest BCUT2D eigenvalue weighted by atomic mass is 19.4. The molecule has 0 spiro atoms. The lowest BCUT2D eigenvalue weighted by Gasteiger charge is -2.41. The Bertz CT molecular complexity index is 839. The van der Waals surface area contributed by atoms with Gasteiger partial charge in [-0.3, -0.25) is 4.90 Å². The van der Waals surface area contributed by atoms with E-state index >= 15 is 0 Å². The van der Waals surface area contributed by atoms with Crippen molar-refractivity contribution >= 4 is 0 Å². The van der Waals surface area contributed by atoms with Crippen molar-refractivity contribution in [3.8, 4) is 0 Å². The van der Waals surface area contributed by atoms with E-state index in [4.69, 9.17) is 0 Å². The molecule has 167 valence electrons. The Kier molecular flexibility index (Phi) is 7.00. The molecule has 0 aromatic heterocycles. The third kappa shape index (κ3) is 5.49. The number of halogens is 4. The fourth-order valence-electron chi connectivity index (χ4n) is 5.35. The first-order valence-electron chi connectivity index (χ1n) is 11.4. The molecule has 5 heteroatoms. The van der Waals surface area contributed by atoms with Gasteiger partial charge >= 0.3 is 6.18 Å². The minimum Gasteiger partial charge on any atom is -0.295 e. The summed E-state index contributed by atoms with van der Waals surface area (Å²) in [6, 6.07) is 12.8. The van der Waals surface area contributed by atoms with Crippen LogP contribution in [0.4, 0.5) is 17.6 Å². The fraction of sp³-hybridized carbons (Fsp3) is 0.500. The third-order valence-corrected chi connectivity index (χ3v) is 6.99. The van der Waals surface area contributed by atoms with E-state index in [0.717, 1.165) is 31.4 Å². The summed E-state index contributed by atoms with van der Waals surface area (Å²) in [5.74, 6) is 0.558. The summed E-state index contributed by atoms with van der Waals surface area (Å²) >= 11 is 0. The first-order chi connectivity index (χ1) is 14.9. The van der Waals surface area contributed by atoms with Crippen LogP contribution in [0.5, 0.6) is 0 Å². The van der Waals surface area contributed by atoms with E-state index in [1.807, 2.05) is 12.1 Å². The van der Waals surface area contributed by atoms with Crippen molar-refractivity contribution < 1.29 is 17.6 Å². The minimum atomic E-state index is -4.32. The molecule has 0 saturated heterocycles. The molecule has 2 aromatic rings. The highest BCUT2D eigenvalue weighted by molar-refractivity contribution is 5.29. The largest absolute Gasteiger partial charge is 0.416 e. The lowest BCUT2D eigenvalue weighted by Crippen LogP contribution is -2.43. The smallest absolute Gasteiger partial charge is 0.295 e. The molecular formula is C26H30F4N. The molecule has 0 aliphatic heterocycles. The van der Waals surface area contributed by atoms with Crippen LogP contribution >= 0.6 is 0 Å². The fourth-order valence-corrected chi connectivity index (χ4v) is 5.35. The molecule has 2 fully saturated rings. The summed E-state index contributed by atoms with van der Waals surface area (Å²) < 4.78 is 53.5. The van der Waals surface area contributed by atoms with Crippen molar-refractivity contribution in [3.63, 3.8) is 0 Å². The molecule has 0 heterocycles. The molecule has 4 rings (SSSR count). The topological polar surface area (TPSA) is 3.24 Å². The SMILES string of the molecule is Fc1ccccc1CN(CC1CCCC1)[C@@H]1CC[CH]C[C@H]1c1ccc(C(F)(F)F)cc1. The lowest BCUT2D eigenvalue weighted by atomic mass is 9.78. The molecule has 1 nitrogen and oxygen atoms in total. The third-order valence-electron chi connectivity index (χ3n) is 6.99. The van der Waals surface area contributed by atoms with E-state index < -0.39 is 11.7 Å². The molecule has 2 atom stereocenters. The molecule has 2 aliphatic carbocycles. The van der Waals surface area contributed by atoms with Gasteiger partial charge in [0.15, 0.2) is 0 Å². The van der Waals surface area contributed by atoms with E-state index in [1.54, 1.807) is 18.2 Å². The van der Waals surface area contributed by atoms with Gasteiger partial charge in [-0.15, -0.1) is 0 Å². The predicted molar refractivity (Wildman–Crippen MR) is 115 cm³/mol. The Labute approximate surface area is 182 Å². The van der Waals surface area contributed by atoms with Crippen molar-refractivity contribution in [1.82, 2.24) is 4.90 Å². The first kappa shape index (κ1) is 22.3. The van der Waals surface area contributed by atoms with Gasteiger partial charge in [-0.2, -0.15) is 13.2 Å². The molecule has 0 unspecified atom stereocenters. The molecule has 1 radical (unpaired) electrons. The molecule has 0 amide bonds. The Morgan fingerprint density at radius 2 is 1.61 bits per heavy atom. The number of benzene rings is 2. The molecule has 0 bridgehead atoms. The first-order valence-corrected chi connectivity index (χ1v) is 11.4. The number of hydrogen-bond donors (Lipinski definition) is 0. The van der Waals surface area contributed by atoms with Crippen molar-refractivity contribution in [2.45, 2.75) is 69.6 Å². The second kappa shape index (κ2) is 9.72.